The summed E-state index contributed by atoms with van der Waals surface area (Å²) in [6.45, 7) is 5.01. The van der Waals surface area contributed by atoms with E-state index in [1.54, 1.807) is 29.2 Å². The molecule has 0 saturated carbocycles. The Morgan fingerprint density at radius 3 is 2.54 bits per heavy atom. The van der Waals surface area contributed by atoms with Gasteiger partial charge in [-0.1, -0.05) is 48.0 Å². The zero-order valence-electron chi connectivity index (χ0n) is 21.0. The number of piperazine rings is 1. The lowest BCUT2D eigenvalue weighted by Crippen LogP contribution is -2.55. The van der Waals surface area contributed by atoms with Crippen LogP contribution < -0.4 is 10.1 Å². The second kappa shape index (κ2) is 12.7. The van der Waals surface area contributed by atoms with E-state index < -0.39 is 11.9 Å². The van der Waals surface area contributed by atoms with Gasteiger partial charge >= 0.3 is 0 Å². The number of likely N-dealkylation sites (N-methyl/N-ethyl adjacent to an activating group) is 1. The van der Waals surface area contributed by atoms with Crippen molar-refractivity contribution in [3.8, 4) is 11.6 Å². The molecule has 1 aromatic heterocycles. The number of benzene rings is 2. The zero-order chi connectivity index (χ0) is 26.2. The average molecular weight is 523 g/mol. The Kier molecular flexibility index (Phi) is 9.11. The van der Waals surface area contributed by atoms with E-state index in [4.69, 9.17) is 21.1 Å². The molecule has 8 nitrogen and oxygen atoms in total. The highest BCUT2D eigenvalue weighted by atomic mass is 35.5. The summed E-state index contributed by atoms with van der Waals surface area (Å²) >= 11 is 6.32. The zero-order valence-corrected chi connectivity index (χ0v) is 21.8. The first-order valence-corrected chi connectivity index (χ1v) is 12.6. The summed E-state index contributed by atoms with van der Waals surface area (Å²) in [5.74, 6) is -0.178. The summed E-state index contributed by atoms with van der Waals surface area (Å²) < 4.78 is 11.8. The van der Waals surface area contributed by atoms with Crippen molar-refractivity contribution in [1.82, 2.24) is 20.1 Å². The minimum atomic E-state index is -0.865. The van der Waals surface area contributed by atoms with Crippen molar-refractivity contribution in [2.75, 3.05) is 39.8 Å². The molecule has 0 bridgehead atoms. The second-order valence-corrected chi connectivity index (χ2v) is 9.45. The van der Waals surface area contributed by atoms with Crippen LogP contribution in [0.4, 0.5) is 0 Å². The van der Waals surface area contributed by atoms with Gasteiger partial charge in [-0.05, 0) is 49.4 Å². The molecule has 1 saturated heterocycles. The average Bonchev–Trinajstić information content (AvgIpc) is 2.90. The Balaban J connectivity index is 1.49. The van der Waals surface area contributed by atoms with Gasteiger partial charge in [-0.15, -0.1) is 0 Å². The third kappa shape index (κ3) is 7.29. The smallest absolute Gasteiger partial charge is 0.257 e. The quantitative estimate of drug-likeness (QED) is 0.458. The van der Waals surface area contributed by atoms with Gasteiger partial charge in [-0.3, -0.25) is 9.59 Å². The molecule has 1 aliphatic heterocycles. The monoisotopic (exact) mass is 522 g/mol. The molecular formula is C28H31ClN4O4. The minimum Gasteiger partial charge on any atom is -0.437 e. The molecule has 0 unspecified atom stereocenters. The van der Waals surface area contributed by atoms with Crippen molar-refractivity contribution in [3.05, 3.63) is 88.6 Å². The fourth-order valence-corrected chi connectivity index (χ4v) is 4.24. The van der Waals surface area contributed by atoms with Gasteiger partial charge in [0.1, 0.15) is 17.4 Å². The highest BCUT2D eigenvalue weighted by molar-refractivity contribution is 6.32. The van der Waals surface area contributed by atoms with Crippen LogP contribution in [-0.4, -0.2) is 72.5 Å². The molecule has 2 heterocycles. The van der Waals surface area contributed by atoms with Gasteiger partial charge in [0.2, 0.25) is 11.8 Å². The summed E-state index contributed by atoms with van der Waals surface area (Å²) in [4.78, 5) is 35.0. The van der Waals surface area contributed by atoms with Gasteiger partial charge in [0, 0.05) is 32.4 Å². The topological polar surface area (TPSA) is 84.0 Å². The van der Waals surface area contributed by atoms with E-state index in [9.17, 15) is 9.59 Å². The van der Waals surface area contributed by atoms with Crippen LogP contribution in [0.5, 0.6) is 11.6 Å². The van der Waals surface area contributed by atoms with E-state index in [1.165, 1.54) is 6.20 Å². The SMILES string of the molecule is Cc1ccc(Oc2ncccc2C(=O)N[C@H](COCc2ccccc2)C(=O)N2CCN(C)CC2)c(Cl)c1. The van der Waals surface area contributed by atoms with Crippen molar-refractivity contribution in [3.63, 3.8) is 0 Å². The standard InChI is InChI=1S/C28H31ClN4O4/c1-20-10-11-25(23(29)17-20)37-27-22(9-6-12-30-27)26(34)31-24(19-36-18-21-7-4-3-5-8-21)28(35)33-15-13-32(2)14-16-33/h3-12,17,24H,13-16,18-19H2,1-2H3,(H,31,34)/t24-/m1/s1. The highest BCUT2D eigenvalue weighted by Crippen LogP contribution is 2.30. The van der Waals surface area contributed by atoms with Crippen molar-refractivity contribution in [1.29, 1.82) is 0 Å². The first-order valence-electron chi connectivity index (χ1n) is 12.2. The number of rotatable bonds is 9. The number of aromatic nitrogens is 1. The molecule has 2 amide bonds. The Morgan fingerprint density at radius 1 is 1.05 bits per heavy atom. The molecule has 0 spiro atoms. The largest absolute Gasteiger partial charge is 0.437 e. The van der Waals surface area contributed by atoms with Gasteiger partial charge in [0.05, 0.1) is 18.2 Å². The van der Waals surface area contributed by atoms with Gasteiger partial charge in [0.25, 0.3) is 5.91 Å². The molecule has 2 aromatic carbocycles. The Morgan fingerprint density at radius 2 is 1.81 bits per heavy atom. The number of amides is 2. The van der Waals surface area contributed by atoms with Gasteiger partial charge in [0.15, 0.2) is 0 Å². The van der Waals surface area contributed by atoms with Crippen LogP contribution in [0.25, 0.3) is 0 Å². The molecular weight excluding hydrogens is 492 g/mol. The number of carbonyl (C=O) groups is 2. The molecule has 9 heteroatoms. The second-order valence-electron chi connectivity index (χ2n) is 9.05. The number of nitrogens with one attached hydrogen (secondary N) is 1. The van der Waals surface area contributed by atoms with Crippen molar-refractivity contribution >= 4 is 23.4 Å². The molecule has 1 atom stereocenters. The molecule has 0 radical (unpaired) electrons. The van der Waals surface area contributed by atoms with E-state index in [-0.39, 0.29) is 24.0 Å². The summed E-state index contributed by atoms with van der Waals surface area (Å²) in [6, 6.07) is 17.4. The fraction of sp³-hybridized carbons (Fsp3) is 0.321. The molecule has 1 aliphatic rings. The number of carbonyl (C=O) groups excluding carboxylic acids is 2. The fourth-order valence-electron chi connectivity index (χ4n) is 3.96. The van der Waals surface area contributed by atoms with E-state index in [1.807, 2.05) is 50.4 Å². The molecule has 37 heavy (non-hydrogen) atoms. The van der Waals surface area contributed by atoms with Crippen molar-refractivity contribution in [2.45, 2.75) is 19.6 Å². The Hall–Kier alpha value is -3.46. The van der Waals surface area contributed by atoms with Crippen LogP contribution in [-0.2, 0) is 16.1 Å². The molecule has 3 aromatic rings. The van der Waals surface area contributed by atoms with Crippen LogP contribution >= 0.6 is 11.6 Å². The summed E-state index contributed by atoms with van der Waals surface area (Å²) in [6.07, 6.45) is 1.53. The third-order valence-corrected chi connectivity index (χ3v) is 6.42. The van der Waals surface area contributed by atoms with Crippen LogP contribution in [0.1, 0.15) is 21.5 Å². The predicted molar refractivity (Wildman–Crippen MR) is 142 cm³/mol. The number of nitrogens with zero attached hydrogens (tertiary/aromatic N) is 3. The van der Waals surface area contributed by atoms with Crippen molar-refractivity contribution in [2.24, 2.45) is 0 Å². The first-order chi connectivity index (χ1) is 17.9. The number of pyridine rings is 1. The summed E-state index contributed by atoms with van der Waals surface area (Å²) in [5.41, 5.74) is 2.16. The maximum absolute atomic E-state index is 13.4. The number of hydrogen-bond donors (Lipinski definition) is 1. The van der Waals surface area contributed by atoms with E-state index >= 15 is 0 Å². The Bertz CT molecular complexity index is 1220. The van der Waals surface area contributed by atoms with Gasteiger partial charge in [-0.2, -0.15) is 0 Å². The van der Waals surface area contributed by atoms with Crippen LogP contribution in [0.2, 0.25) is 5.02 Å². The maximum atomic E-state index is 13.4. The van der Waals surface area contributed by atoms with Crippen LogP contribution in [0.3, 0.4) is 0 Å². The molecule has 1 fully saturated rings. The number of ether oxygens (including phenoxy) is 2. The first kappa shape index (κ1) is 26.6. The lowest BCUT2D eigenvalue weighted by Gasteiger charge is -2.34. The van der Waals surface area contributed by atoms with E-state index in [2.05, 4.69) is 15.2 Å². The number of halogens is 1. The summed E-state index contributed by atoms with van der Waals surface area (Å²) in [5, 5.41) is 3.27. The number of hydrogen-bond acceptors (Lipinski definition) is 6. The summed E-state index contributed by atoms with van der Waals surface area (Å²) in [7, 11) is 2.02. The lowest BCUT2D eigenvalue weighted by molar-refractivity contribution is -0.136. The predicted octanol–water partition coefficient (Wildman–Crippen LogP) is 3.92. The molecule has 1 N–H and O–H groups in total. The normalized spacial score (nSPS) is 14.7. The van der Waals surface area contributed by atoms with Gasteiger partial charge < -0.3 is 24.6 Å². The van der Waals surface area contributed by atoms with Crippen molar-refractivity contribution < 1.29 is 19.1 Å². The molecule has 0 aliphatic carbocycles. The van der Waals surface area contributed by atoms with E-state index in [0.29, 0.717) is 30.5 Å². The number of aryl methyl sites for hydroxylation is 1. The lowest BCUT2D eigenvalue weighted by atomic mass is 10.2. The molecule has 194 valence electrons. The van der Waals surface area contributed by atoms with Gasteiger partial charge in [-0.25, -0.2) is 4.98 Å². The third-order valence-electron chi connectivity index (χ3n) is 6.12. The maximum Gasteiger partial charge on any atom is 0.257 e. The van der Waals surface area contributed by atoms with Crippen LogP contribution in [0.15, 0.2) is 66.9 Å². The Labute approximate surface area is 222 Å². The minimum absolute atomic E-state index is 0.0338. The highest BCUT2D eigenvalue weighted by Gasteiger charge is 2.29. The van der Waals surface area contributed by atoms with E-state index in [0.717, 1.165) is 24.2 Å². The molecule has 4 rings (SSSR count). The van der Waals surface area contributed by atoms with Crippen LogP contribution in [0, 0.1) is 6.92 Å².